The first kappa shape index (κ1) is 12.4. The van der Waals surface area contributed by atoms with Crippen molar-refractivity contribution in [2.24, 2.45) is 0 Å². The standard InChI is InChI=1S/C14H16ClNOS/c15-7-12-9-17-6-5-16(12)8-11-10-18-14-4-2-1-3-13(11)14/h1-4,10,12H,5-9H2. The molecule has 1 aliphatic rings. The van der Waals surface area contributed by atoms with Crippen LogP contribution in [0.3, 0.4) is 0 Å². The zero-order valence-electron chi connectivity index (χ0n) is 10.1. The molecule has 2 aromatic rings. The van der Waals surface area contributed by atoms with Gasteiger partial charge in [-0.05, 0) is 22.4 Å². The highest BCUT2D eigenvalue weighted by Crippen LogP contribution is 2.27. The second-order valence-electron chi connectivity index (χ2n) is 4.61. The molecule has 0 amide bonds. The summed E-state index contributed by atoms with van der Waals surface area (Å²) in [5.74, 6) is 0.641. The molecule has 0 aliphatic carbocycles. The van der Waals surface area contributed by atoms with Crippen molar-refractivity contribution in [1.82, 2.24) is 4.90 Å². The number of benzene rings is 1. The third-order valence-corrected chi connectivity index (χ3v) is 4.83. The molecule has 18 heavy (non-hydrogen) atoms. The highest BCUT2D eigenvalue weighted by Gasteiger charge is 2.22. The summed E-state index contributed by atoms with van der Waals surface area (Å²) in [7, 11) is 0. The topological polar surface area (TPSA) is 12.5 Å². The lowest BCUT2D eigenvalue weighted by atomic mass is 10.1. The average molecular weight is 282 g/mol. The molecule has 0 N–H and O–H groups in total. The number of ether oxygens (including phenoxy) is 1. The van der Waals surface area contributed by atoms with Gasteiger partial charge in [0.1, 0.15) is 0 Å². The highest BCUT2D eigenvalue weighted by atomic mass is 35.5. The molecule has 1 atom stereocenters. The monoisotopic (exact) mass is 281 g/mol. The maximum absolute atomic E-state index is 6.01. The fourth-order valence-electron chi connectivity index (χ4n) is 2.41. The predicted octanol–water partition coefficient (Wildman–Crippen LogP) is 3.34. The van der Waals surface area contributed by atoms with E-state index in [1.807, 2.05) is 11.3 Å². The molecule has 1 aliphatic heterocycles. The summed E-state index contributed by atoms with van der Waals surface area (Å²) < 4.78 is 6.85. The maximum atomic E-state index is 6.01. The number of halogens is 1. The van der Waals surface area contributed by atoms with Crippen molar-refractivity contribution in [2.75, 3.05) is 25.6 Å². The Morgan fingerprint density at radius 3 is 3.17 bits per heavy atom. The van der Waals surface area contributed by atoms with Gasteiger partial charge in [0, 0.05) is 29.7 Å². The van der Waals surface area contributed by atoms with Gasteiger partial charge >= 0.3 is 0 Å². The Kier molecular flexibility index (Phi) is 3.85. The molecule has 1 fully saturated rings. The summed E-state index contributed by atoms with van der Waals surface area (Å²) in [4.78, 5) is 2.44. The van der Waals surface area contributed by atoms with Gasteiger partial charge in [0.25, 0.3) is 0 Å². The smallest absolute Gasteiger partial charge is 0.0634 e. The van der Waals surface area contributed by atoms with E-state index in [2.05, 4.69) is 34.5 Å². The van der Waals surface area contributed by atoms with Gasteiger partial charge in [0.05, 0.1) is 13.2 Å². The van der Waals surface area contributed by atoms with Crippen LogP contribution < -0.4 is 0 Å². The van der Waals surface area contributed by atoms with Crippen LogP contribution in [0.5, 0.6) is 0 Å². The van der Waals surface area contributed by atoms with Crippen molar-refractivity contribution in [1.29, 1.82) is 0 Å². The first-order valence-corrected chi connectivity index (χ1v) is 7.63. The Morgan fingerprint density at radius 2 is 2.28 bits per heavy atom. The van der Waals surface area contributed by atoms with Gasteiger partial charge in [-0.1, -0.05) is 18.2 Å². The average Bonchev–Trinajstić information content (AvgIpc) is 2.83. The van der Waals surface area contributed by atoms with Crippen molar-refractivity contribution in [3.8, 4) is 0 Å². The quantitative estimate of drug-likeness (QED) is 0.800. The number of fused-ring (bicyclic) bond motifs is 1. The van der Waals surface area contributed by atoms with Gasteiger partial charge in [-0.15, -0.1) is 22.9 Å². The molecule has 2 nitrogen and oxygen atoms in total. The van der Waals surface area contributed by atoms with Crippen molar-refractivity contribution >= 4 is 33.0 Å². The molecule has 96 valence electrons. The Morgan fingerprint density at radius 1 is 1.39 bits per heavy atom. The number of hydrogen-bond donors (Lipinski definition) is 0. The summed E-state index contributed by atoms with van der Waals surface area (Å²) in [5, 5.41) is 3.65. The number of hydrogen-bond acceptors (Lipinski definition) is 3. The normalized spacial score (nSPS) is 21.5. The zero-order valence-corrected chi connectivity index (χ0v) is 11.7. The molecule has 4 heteroatoms. The minimum absolute atomic E-state index is 0.346. The molecule has 1 saturated heterocycles. The molecule has 3 rings (SSSR count). The fourth-order valence-corrected chi connectivity index (χ4v) is 3.65. The molecule has 0 bridgehead atoms. The van der Waals surface area contributed by atoms with E-state index in [0.717, 1.165) is 26.3 Å². The van der Waals surface area contributed by atoms with E-state index in [4.69, 9.17) is 16.3 Å². The third-order valence-electron chi connectivity index (χ3n) is 3.46. The highest BCUT2D eigenvalue weighted by molar-refractivity contribution is 7.17. The lowest BCUT2D eigenvalue weighted by molar-refractivity contribution is -0.00281. The molecule has 1 aromatic carbocycles. The van der Waals surface area contributed by atoms with E-state index in [0.29, 0.717) is 11.9 Å². The molecule has 0 spiro atoms. The number of nitrogens with zero attached hydrogens (tertiary/aromatic N) is 1. The largest absolute Gasteiger partial charge is 0.378 e. The van der Waals surface area contributed by atoms with Gasteiger partial charge in [-0.3, -0.25) is 4.90 Å². The Bertz CT molecular complexity index is 527. The first-order chi connectivity index (χ1) is 8.88. The van der Waals surface area contributed by atoms with Crippen LogP contribution >= 0.6 is 22.9 Å². The predicted molar refractivity (Wildman–Crippen MR) is 77.6 cm³/mol. The van der Waals surface area contributed by atoms with Crippen LogP contribution in [-0.4, -0.2) is 36.6 Å². The van der Waals surface area contributed by atoms with Gasteiger partial charge in [0.15, 0.2) is 0 Å². The van der Waals surface area contributed by atoms with E-state index in [9.17, 15) is 0 Å². The van der Waals surface area contributed by atoms with Crippen molar-refractivity contribution < 1.29 is 4.74 Å². The Balaban J connectivity index is 1.82. The summed E-state index contributed by atoms with van der Waals surface area (Å²) in [6, 6.07) is 8.94. The molecule has 1 unspecified atom stereocenters. The van der Waals surface area contributed by atoms with Crippen LogP contribution in [0.1, 0.15) is 5.56 Å². The SMILES string of the molecule is ClCC1COCCN1Cc1csc2ccccc12. The fraction of sp³-hybridized carbons (Fsp3) is 0.429. The van der Waals surface area contributed by atoms with E-state index >= 15 is 0 Å². The minimum atomic E-state index is 0.346. The molecule has 1 aromatic heterocycles. The molecular formula is C14H16ClNOS. The van der Waals surface area contributed by atoms with Crippen LogP contribution in [0.25, 0.3) is 10.1 Å². The zero-order chi connectivity index (χ0) is 12.4. The summed E-state index contributed by atoms with van der Waals surface area (Å²) in [6.07, 6.45) is 0. The summed E-state index contributed by atoms with van der Waals surface area (Å²) in [5.41, 5.74) is 1.41. The summed E-state index contributed by atoms with van der Waals surface area (Å²) in [6.45, 7) is 3.52. The van der Waals surface area contributed by atoms with Gasteiger partial charge in [-0.25, -0.2) is 0 Å². The molecule has 0 radical (unpaired) electrons. The van der Waals surface area contributed by atoms with E-state index in [-0.39, 0.29) is 0 Å². The van der Waals surface area contributed by atoms with Crippen molar-refractivity contribution in [3.63, 3.8) is 0 Å². The number of alkyl halides is 1. The van der Waals surface area contributed by atoms with Crippen LogP contribution in [0.15, 0.2) is 29.6 Å². The third kappa shape index (κ3) is 2.41. The lowest BCUT2D eigenvalue weighted by Crippen LogP contribution is -2.45. The van der Waals surface area contributed by atoms with Gasteiger partial charge in [-0.2, -0.15) is 0 Å². The lowest BCUT2D eigenvalue weighted by Gasteiger charge is -2.34. The van der Waals surface area contributed by atoms with Crippen LogP contribution in [0, 0.1) is 0 Å². The van der Waals surface area contributed by atoms with Crippen LogP contribution in [0.4, 0.5) is 0 Å². The molecular weight excluding hydrogens is 266 g/mol. The van der Waals surface area contributed by atoms with E-state index < -0.39 is 0 Å². The number of morpholine rings is 1. The second kappa shape index (κ2) is 5.57. The van der Waals surface area contributed by atoms with E-state index in [1.54, 1.807) is 0 Å². The summed E-state index contributed by atoms with van der Waals surface area (Å²) >= 11 is 7.83. The van der Waals surface area contributed by atoms with E-state index in [1.165, 1.54) is 15.6 Å². The van der Waals surface area contributed by atoms with Crippen molar-refractivity contribution in [3.05, 3.63) is 35.2 Å². The number of rotatable bonds is 3. The number of thiophene rings is 1. The first-order valence-electron chi connectivity index (χ1n) is 6.21. The molecule has 0 saturated carbocycles. The van der Waals surface area contributed by atoms with Crippen LogP contribution in [-0.2, 0) is 11.3 Å². The van der Waals surface area contributed by atoms with Crippen molar-refractivity contribution in [2.45, 2.75) is 12.6 Å². The van der Waals surface area contributed by atoms with Gasteiger partial charge < -0.3 is 4.74 Å². The maximum Gasteiger partial charge on any atom is 0.0634 e. The minimum Gasteiger partial charge on any atom is -0.378 e. The Labute approximate surface area is 116 Å². The Hall–Kier alpha value is -0.610. The molecule has 2 heterocycles. The second-order valence-corrected chi connectivity index (χ2v) is 5.83. The van der Waals surface area contributed by atoms with Gasteiger partial charge in [0.2, 0.25) is 0 Å². The van der Waals surface area contributed by atoms with Crippen LogP contribution in [0.2, 0.25) is 0 Å².